The van der Waals surface area contributed by atoms with Crippen molar-refractivity contribution in [1.29, 1.82) is 5.41 Å². The molecule has 5 aromatic carbocycles. The first-order valence-corrected chi connectivity index (χ1v) is 28.7. The number of guanidine groups is 1. The molecule has 0 spiro atoms. The lowest BCUT2D eigenvalue weighted by Gasteiger charge is -2.28. The van der Waals surface area contributed by atoms with Gasteiger partial charge in [0.15, 0.2) is 5.96 Å². The van der Waals surface area contributed by atoms with Crippen molar-refractivity contribution in [2.45, 2.75) is 106 Å². The van der Waals surface area contributed by atoms with Crippen LogP contribution < -0.4 is 54.0 Å². The summed E-state index contributed by atoms with van der Waals surface area (Å²) in [6.07, 6.45) is 1.44. The third-order valence-corrected chi connectivity index (χ3v) is 14.8. The summed E-state index contributed by atoms with van der Waals surface area (Å²) >= 11 is 4.36. The maximum absolute atomic E-state index is 15.2. The van der Waals surface area contributed by atoms with Gasteiger partial charge in [-0.1, -0.05) is 127 Å². The van der Waals surface area contributed by atoms with E-state index >= 15 is 9.59 Å². The lowest BCUT2D eigenvalue weighted by molar-refractivity contribution is -0.143. The molecule has 0 saturated carbocycles. The molecule has 86 heavy (non-hydrogen) atoms. The Morgan fingerprint density at radius 2 is 0.884 bits per heavy atom. The first-order chi connectivity index (χ1) is 41.4. The summed E-state index contributed by atoms with van der Waals surface area (Å²) in [7, 11) is 0. The number of carbonyl (C=O) groups is 8. The van der Waals surface area contributed by atoms with Crippen molar-refractivity contribution < 1.29 is 48.6 Å². The summed E-state index contributed by atoms with van der Waals surface area (Å²) in [6.45, 7) is 1.29. The van der Waals surface area contributed by atoms with Crippen LogP contribution in [-0.4, -0.2) is 140 Å². The molecule has 2 heterocycles. The highest BCUT2D eigenvalue weighted by atomic mass is 32.1. The molecule has 7 rings (SSSR count). The molecule has 452 valence electrons. The highest BCUT2D eigenvalue weighted by Gasteiger charge is 2.36. The number of hydrogen-bond donors (Lipinski definition) is 16. The smallest absolute Gasteiger partial charge is 0.326 e. The maximum Gasteiger partial charge on any atom is 0.326 e. The lowest BCUT2D eigenvalue weighted by Crippen LogP contribution is -2.62. The van der Waals surface area contributed by atoms with Gasteiger partial charge >= 0.3 is 5.97 Å². The quantitative estimate of drug-likeness (QED) is 0.0127. The van der Waals surface area contributed by atoms with Crippen LogP contribution in [0, 0.1) is 5.41 Å². The number of carboxylic acid groups (broad SMARTS) is 1. The lowest BCUT2D eigenvalue weighted by atomic mass is 10.00. The molecule has 2 aromatic heterocycles. The molecule has 17 N–H and O–H groups in total. The minimum absolute atomic E-state index is 0.0665. The van der Waals surface area contributed by atoms with Crippen LogP contribution in [0.3, 0.4) is 0 Å². The van der Waals surface area contributed by atoms with Crippen LogP contribution in [0.25, 0.3) is 21.8 Å². The standard InChI is InChI=1S/C62H73N13O10S/c1-36(76)53(60(83)73-51(61(84)85)30-39-20-9-4-10-21-39)75-55(78)47(26-15-27-66-62(64)65)69-57(80)49(31-40-33-67-45-24-13-11-22-42(40)45)72-58(81)50(32-41-34-68-46-25-14-12-23-43(41)46)71-56(79)48(29-38-18-7-3-8-19-38)70-59(82)52(35-86)74-54(77)44(63)28-37-16-5-2-6-17-37/h2-14,16-25,33-34,36,44,47-53,67-68,76,86H,15,26-32,35,63H2,1H3,(H,69,80)(H,70,82)(H,71,79)(H,72,81)(H,73,83)(H,74,77)(H,75,78)(H,84,85)(H4,64,65,66)/t36-,44-,47+,48+,49-,50+,51+,52+,53+/m1/s1. The predicted octanol–water partition coefficient (Wildman–Crippen LogP) is 1.54. The van der Waals surface area contributed by atoms with Gasteiger partial charge in [-0.2, -0.15) is 12.6 Å². The summed E-state index contributed by atoms with van der Waals surface area (Å²) in [5.41, 5.74) is 16.5. The number of H-pyrrole nitrogens is 2. The predicted molar refractivity (Wildman–Crippen MR) is 328 cm³/mol. The monoisotopic (exact) mass is 1190 g/mol. The van der Waals surface area contributed by atoms with E-state index in [0.29, 0.717) is 33.2 Å². The molecule has 24 heteroatoms. The number of benzene rings is 5. The Morgan fingerprint density at radius 1 is 0.500 bits per heavy atom. The van der Waals surface area contributed by atoms with Crippen LogP contribution in [0.15, 0.2) is 152 Å². The van der Waals surface area contributed by atoms with Gasteiger partial charge in [0.1, 0.15) is 42.3 Å². The molecule has 0 aliphatic rings. The minimum Gasteiger partial charge on any atom is -0.480 e. The van der Waals surface area contributed by atoms with Gasteiger partial charge in [0.2, 0.25) is 41.4 Å². The Kier molecular flexibility index (Phi) is 23.4. The van der Waals surface area contributed by atoms with Crippen LogP contribution in [0.2, 0.25) is 0 Å². The van der Waals surface area contributed by atoms with Gasteiger partial charge < -0.3 is 74.2 Å². The molecule has 0 radical (unpaired) electrons. The molecule has 7 aromatic rings. The Morgan fingerprint density at radius 3 is 1.34 bits per heavy atom. The van der Waals surface area contributed by atoms with E-state index in [1.165, 1.54) is 6.92 Å². The number of amides is 7. The van der Waals surface area contributed by atoms with E-state index in [1.54, 1.807) is 79.1 Å². The first kappa shape index (κ1) is 64.0. The molecule has 0 aliphatic heterocycles. The van der Waals surface area contributed by atoms with Crippen LogP contribution in [0.5, 0.6) is 0 Å². The third kappa shape index (κ3) is 18.5. The number of hydrogen-bond acceptors (Lipinski definition) is 12. The number of carbonyl (C=O) groups excluding carboxylic acids is 7. The van der Waals surface area contributed by atoms with Crippen LogP contribution in [0.4, 0.5) is 0 Å². The van der Waals surface area contributed by atoms with Crippen LogP contribution >= 0.6 is 12.6 Å². The summed E-state index contributed by atoms with van der Waals surface area (Å²) < 4.78 is 0. The number of aliphatic carboxylic acids is 1. The van der Waals surface area contributed by atoms with Crippen molar-refractivity contribution in [3.63, 3.8) is 0 Å². The number of nitrogens with two attached hydrogens (primary N) is 2. The van der Waals surface area contributed by atoms with E-state index in [2.05, 4.69) is 65.1 Å². The SMILES string of the molecule is C[C@@H](O)[C@H](NC(=O)[C@H](CCCNC(=N)N)NC(=O)[C@@H](Cc1c[nH]c2ccccc12)NC(=O)[C@H](Cc1c[nH]c2ccccc12)NC(=O)[C@H](Cc1ccccc1)NC(=O)[C@H](CS)NC(=O)[C@H](N)Cc1ccccc1)C(=O)N[C@@H](Cc1ccccc1)C(=O)O. The zero-order chi connectivity index (χ0) is 61.7. The average molecular weight is 1190 g/mol. The molecule has 0 bridgehead atoms. The van der Waals surface area contributed by atoms with E-state index in [4.69, 9.17) is 16.9 Å². The van der Waals surface area contributed by atoms with Crippen molar-refractivity contribution in [3.8, 4) is 0 Å². The number of thiol groups is 1. The average Bonchev–Trinajstić information content (AvgIpc) is 4.05. The zero-order valence-corrected chi connectivity index (χ0v) is 48.2. The number of aliphatic hydroxyl groups is 1. The summed E-state index contributed by atoms with van der Waals surface area (Å²) in [4.78, 5) is 120. The summed E-state index contributed by atoms with van der Waals surface area (Å²) in [5.74, 6) is -7.79. The van der Waals surface area contributed by atoms with E-state index in [1.807, 2.05) is 72.8 Å². The topological polar surface area (TPSA) is 381 Å². The van der Waals surface area contributed by atoms with Crippen molar-refractivity contribution in [2.75, 3.05) is 12.3 Å². The third-order valence-electron chi connectivity index (χ3n) is 14.4. The van der Waals surface area contributed by atoms with Gasteiger partial charge in [-0.3, -0.25) is 39.0 Å². The number of nitrogens with one attached hydrogen (secondary N) is 11. The number of para-hydroxylation sites is 2. The van der Waals surface area contributed by atoms with E-state index in [9.17, 15) is 39.0 Å². The minimum atomic E-state index is -1.72. The fourth-order valence-electron chi connectivity index (χ4n) is 9.81. The fraction of sp³-hybridized carbons (Fsp3) is 0.306. The van der Waals surface area contributed by atoms with Gasteiger partial charge in [0.25, 0.3) is 0 Å². The number of aromatic amines is 2. The number of aromatic nitrogens is 2. The normalized spacial score (nSPS) is 14.3. The van der Waals surface area contributed by atoms with Gasteiger partial charge in [0.05, 0.1) is 12.1 Å². The van der Waals surface area contributed by atoms with Gasteiger partial charge in [-0.05, 0) is 66.1 Å². The number of rotatable bonds is 31. The largest absolute Gasteiger partial charge is 0.480 e. The molecule has 0 unspecified atom stereocenters. The maximum atomic E-state index is 15.2. The second-order valence-electron chi connectivity index (χ2n) is 20.9. The molecular weight excluding hydrogens is 1120 g/mol. The Bertz CT molecular complexity index is 3460. The van der Waals surface area contributed by atoms with E-state index < -0.39 is 102 Å². The van der Waals surface area contributed by atoms with Crippen molar-refractivity contribution >= 4 is 87.7 Å². The van der Waals surface area contributed by atoms with Crippen LogP contribution in [0.1, 0.15) is 47.6 Å². The van der Waals surface area contributed by atoms with Gasteiger partial charge in [-0.25, -0.2) is 4.79 Å². The number of carboxylic acids is 1. The Labute approximate surface area is 501 Å². The van der Waals surface area contributed by atoms with Crippen molar-refractivity contribution in [2.24, 2.45) is 11.5 Å². The Balaban J connectivity index is 1.18. The first-order valence-electron chi connectivity index (χ1n) is 28.1. The van der Waals surface area contributed by atoms with Crippen molar-refractivity contribution in [3.05, 3.63) is 180 Å². The molecular formula is C62H73N13O10S. The van der Waals surface area contributed by atoms with E-state index in [0.717, 1.165) is 16.5 Å². The van der Waals surface area contributed by atoms with Gasteiger partial charge in [-0.15, -0.1) is 0 Å². The Hall–Kier alpha value is -9.52. The van der Waals surface area contributed by atoms with E-state index in [-0.39, 0.29) is 63.2 Å². The molecule has 0 saturated heterocycles. The molecule has 7 amide bonds. The van der Waals surface area contributed by atoms with Crippen LogP contribution in [-0.2, 0) is 70.5 Å². The van der Waals surface area contributed by atoms with Gasteiger partial charge in [0, 0.05) is 72.2 Å². The second-order valence-corrected chi connectivity index (χ2v) is 21.3. The van der Waals surface area contributed by atoms with Crippen molar-refractivity contribution in [1.82, 2.24) is 52.5 Å². The molecule has 0 fully saturated rings. The molecule has 9 atom stereocenters. The number of fused-ring (bicyclic) bond motifs is 2. The molecule has 23 nitrogen and oxygen atoms in total. The summed E-state index contributed by atoms with van der Waals surface area (Å²) in [5, 5.41) is 51.4. The highest BCUT2D eigenvalue weighted by Crippen LogP contribution is 2.22. The number of aliphatic hydroxyl groups excluding tert-OH is 1. The second kappa shape index (κ2) is 31.4. The summed E-state index contributed by atoms with van der Waals surface area (Å²) in [6, 6.07) is 29.8. The molecule has 0 aliphatic carbocycles. The highest BCUT2D eigenvalue weighted by molar-refractivity contribution is 7.80. The zero-order valence-electron chi connectivity index (χ0n) is 47.3. The fourth-order valence-corrected chi connectivity index (χ4v) is 10.1.